The van der Waals surface area contributed by atoms with Gasteiger partial charge in [-0.1, -0.05) is 13.8 Å². The minimum Gasteiger partial charge on any atom is -0.326 e. The summed E-state index contributed by atoms with van der Waals surface area (Å²) in [6.45, 7) is 5.64. The Balaban J connectivity index is 2.18. The summed E-state index contributed by atoms with van der Waals surface area (Å²) in [5.41, 5.74) is 7.79. The molecule has 0 spiro atoms. The second-order valence-corrected chi connectivity index (χ2v) is 5.82. The molecule has 1 heterocycles. The van der Waals surface area contributed by atoms with Gasteiger partial charge in [-0.15, -0.1) is 0 Å². The molecule has 2 atom stereocenters. The van der Waals surface area contributed by atoms with E-state index in [0.717, 1.165) is 12.5 Å². The van der Waals surface area contributed by atoms with Crippen molar-refractivity contribution in [3.05, 3.63) is 22.4 Å². The van der Waals surface area contributed by atoms with E-state index in [2.05, 4.69) is 35.6 Å². The summed E-state index contributed by atoms with van der Waals surface area (Å²) in [6, 6.07) is 3.73. The smallest absolute Gasteiger partial charge is 0.0510 e. The summed E-state index contributed by atoms with van der Waals surface area (Å²) >= 11 is 1.78. The van der Waals surface area contributed by atoms with Crippen LogP contribution in [0.2, 0.25) is 0 Å². The van der Waals surface area contributed by atoms with Crippen molar-refractivity contribution in [2.24, 2.45) is 5.73 Å². The molecule has 2 rings (SSSR count). The zero-order valence-corrected chi connectivity index (χ0v) is 11.7. The molecular formula is C14H24N2S. The van der Waals surface area contributed by atoms with Gasteiger partial charge in [0, 0.05) is 12.1 Å². The van der Waals surface area contributed by atoms with E-state index in [0.29, 0.717) is 6.04 Å². The molecule has 0 amide bonds. The molecule has 2 unspecified atom stereocenters. The average Bonchev–Trinajstić information content (AvgIpc) is 3.05. The van der Waals surface area contributed by atoms with Gasteiger partial charge in [0.1, 0.15) is 0 Å². The first kappa shape index (κ1) is 13.1. The Kier molecular flexibility index (Phi) is 4.60. The standard InChI is InChI=1S/C14H24N2S/c1-3-8-16(12-5-6-12)14(13(15)4-2)11-7-9-17-10-11/h7,9-10,12-14H,3-6,8,15H2,1-2H3. The maximum atomic E-state index is 6.37. The minimum absolute atomic E-state index is 0.261. The molecule has 1 saturated carbocycles. The third kappa shape index (κ3) is 3.09. The van der Waals surface area contributed by atoms with Gasteiger partial charge in [0.15, 0.2) is 0 Å². The number of nitrogens with two attached hydrogens (primary N) is 1. The second-order valence-electron chi connectivity index (χ2n) is 5.04. The van der Waals surface area contributed by atoms with E-state index in [1.54, 1.807) is 11.3 Å². The molecule has 1 aromatic rings. The van der Waals surface area contributed by atoms with E-state index in [-0.39, 0.29) is 6.04 Å². The van der Waals surface area contributed by atoms with E-state index in [1.807, 2.05) is 0 Å². The molecule has 0 bridgehead atoms. The van der Waals surface area contributed by atoms with Gasteiger partial charge >= 0.3 is 0 Å². The molecule has 96 valence electrons. The summed E-state index contributed by atoms with van der Waals surface area (Å²) < 4.78 is 0. The predicted molar refractivity (Wildman–Crippen MR) is 75.3 cm³/mol. The highest BCUT2D eigenvalue weighted by Crippen LogP contribution is 2.37. The first-order valence-electron chi connectivity index (χ1n) is 6.81. The summed E-state index contributed by atoms with van der Waals surface area (Å²) in [4.78, 5) is 2.65. The van der Waals surface area contributed by atoms with Crippen molar-refractivity contribution in [2.75, 3.05) is 6.54 Å². The summed E-state index contributed by atoms with van der Waals surface area (Å²) in [7, 11) is 0. The van der Waals surface area contributed by atoms with Gasteiger partial charge in [-0.05, 0) is 54.6 Å². The van der Waals surface area contributed by atoms with Gasteiger partial charge in [0.2, 0.25) is 0 Å². The van der Waals surface area contributed by atoms with Crippen molar-refractivity contribution in [2.45, 2.75) is 57.7 Å². The topological polar surface area (TPSA) is 29.3 Å². The Morgan fingerprint density at radius 1 is 1.47 bits per heavy atom. The molecule has 0 saturated heterocycles. The van der Waals surface area contributed by atoms with E-state index >= 15 is 0 Å². The monoisotopic (exact) mass is 252 g/mol. The molecule has 3 heteroatoms. The van der Waals surface area contributed by atoms with Crippen LogP contribution in [-0.2, 0) is 0 Å². The molecule has 0 radical (unpaired) electrons. The van der Waals surface area contributed by atoms with Crippen LogP contribution in [0.3, 0.4) is 0 Å². The lowest BCUT2D eigenvalue weighted by atomic mass is 9.98. The van der Waals surface area contributed by atoms with Crippen molar-refractivity contribution in [1.82, 2.24) is 4.90 Å². The van der Waals surface area contributed by atoms with Crippen LogP contribution >= 0.6 is 11.3 Å². The fourth-order valence-corrected chi connectivity index (χ4v) is 3.25. The van der Waals surface area contributed by atoms with Gasteiger partial charge in [-0.2, -0.15) is 11.3 Å². The van der Waals surface area contributed by atoms with Crippen molar-refractivity contribution < 1.29 is 0 Å². The molecule has 0 aliphatic heterocycles. The molecule has 2 N–H and O–H groups in total. The molecular weight excluding hydrogens is 228 g/mol. The van der Waals surface area contributed by atoms with Gasteiger partial charge in [-0.3, -0.25) is 4.90 Å². The Morgan fingerprint density at radius 2 is 2.24 bits per heavy atom. The van der Waals surface area contributed by atoms with Crippen LogP contribution in [0.15, 0.2) is 16.8 Å². The largest absolute Gasteiger partial charge is 0.326 e. The predicted octanol–water partition coefficient (Wildman–Crippen LogP) is 3.40. The first-order valence-corrected chi connectivity index (χ1v) is 7.75. The van der Waals surface area contributed by atoms with Gasteiger partial charge in [-0.25, -0.2) is 0 Å². The highest BCUT2D eigenvalue weighted by molar-refractivity contribution is 7.07. The fourth-order valence-electron chi connectivity index (χ4n) is 2.56. The van der Waals surface area contributed by atoms with Crippen molar-refractivity contribution in [1.29, 1.82) is 0 Å². The average molecular weight is 252 g/mol. The van der Waals surface area contributed by atoms with Crippen molar-refractivity contribution in [3.63, 3.8) is 0 Å². The van der Waals surface area contributed by atoms with E-state index in [4.69, 9.17) is 5.73 Å². The minimum atomic E-state index is 0.261. The van der Waals surface area contributed by atoms with Crippen molar-refractivity contribution >= 4 is 11.3 Å². The van der Waals surface area contributed by atoms with Crippen LogP contribution in [0.25, 0.3) is 0 Å². The zero-order chi connectivity index (χ0) is 12.3. The zero-order valence-electron chi connectivity index (χ0n) is 10.9. The molecule has 1 aliphatic carbocycles. The van der Waals surface area contributed by atoms with Crippen molar-refractivity contribution in [3.8, 4) is 0 Å². The lowest BCUT2D eigenvalue weighted by Gasteiger charge is -2.35. The summed E-state index contributed by atoms with van der Waals surface area (Å²) in [6.07, 6.45) is 4.98. The highest BCUT2D eigenvalue weighted by Gasteiger charge is 2.36. The molecule has 1 aliphatic rings. The molecule has 2 nitrogen and oxygen atoms in total. The molecule has 1 aromatic heterocycles. The maximum Gasteiger partial charge on any atom is 0.0510 e. The number of thiophene rings is 1. The van der Waals surface area contributed by atoms with Crippen LogP contribution in [0.1, 0.15) is 51.1 Å². The van der Waals surface area contributed by atoms with Gasteiger partial charge in [0.25, 0.3) is 0 Å². The fraction of sp³-hybridized carbons (Fsp3) is 0.714. The Hall–Kier alpha value is -0.380. The maximum absolute atomic E-state index is 6.37. The quantitative estimate of drug-likeness (QED) is 0.806. The number of nitrogens with zero attached hydrogens (tertiary/aromatic N) is 1. The Labute approximate surface area is 109 Å². The lowest BCUT2D eigenvalue weighted by Crippen LogP contribution is -2.42. The van der Waals surface area contributed by atoms with E-state index in [1.165, 1.54) is 31.4 Å². The number of hydrogen-bond acceptors (Lipinski definition) is 3. The van der Waals surface area contributed by atoms with Crippen LogP contribution in [0.5, 0.6) is 0 Å². The first-order chi connectivity index (χ1) is 8.27. The molecule has 1 fully saturated rings. The van der Waals surface area contributed by atoms with Crippen LogP contribution in [-0.4, -0.2) is 23.5 Å². The van der Waals surface area contributed by atoms with E-state index in [9.17, 15) is 0 Å². The molecule has 0 aromatic carbocycles. The summed E-state index contributed by atoms with van der Waals surface area (Å²) in [5, 5.41) is 4.44. The second kappa shape index (κ2) is 5.98. The van der Waals surface area contributed by atoms with Crippen LogP contribution in [0.4, 0.5) is 0 Å². The Bertz CT molecular complexity index is 319. The highest BCUT2D eigenvalue weighted by atomic mass is 32.1. The van der Waals surface area contributed by atoms with Crippen LogP contribution < -0.4 is 5.73 Å². The lowest BCUT2D eigenvalue weighted by molar-refractivity contribution is 0.160. The number of rotatable bonds is 7. The third-order valence-corrected chi connectivity index (χ3v) is 4.32. The Morgan fingerprint density at radius 3 is 2.71 bits per heavy atom. The number of hydrogen-bond donors (Lipinski definition) is 1. The third-order valence-electron chi connectivity index (χ3n) is 3.62. The summed E-state index contributed by atoms with van der Waals surface area (Å²) in [5.74, 6) is 0. The SMILES string of the molecule is CCCN(C1CC1)C(c1ccsc1)C(N)CC. The molecule has 17 heavy (non-hydrogen) atoms. The normalized spacial score (nSPS) is 19.5. The van der Waals surface area contributed by atoms with Crippen LogP contribution in [0, 0.1) is 0 Å². The van der Waals surface area contributed by atoms with Gasteiger partial charge in [0.05, 0.1) is 6.04 Å². The van der Waals surface area contributed by atoms with Gasteiger partial charge < -0.3 is 5.73 Å². The van der Waals surface area contributed by atoms with E-state index < -0.39 is 0 Å².